The van der Waals surface area contributed by atoms with Gasteiger partial charge in [-0.1, -0.05) is 12.1 Å². The zero-order chi connectivity index (χ0) is 15.3. The van der Waals surface area contributed by atoms with Crippen molar-refractivity contribution in [3.8, 4) is 0 Å². The summed E-state index contributed by atoms with van der Waals surface area (Å²) < 4.78 is 37.5. The van der Waals surface area contributed by atoms with E-state index in [9.17, 15) is 13.2 Å². The molecule has 3 nitrogen and oxygen atoms in total. The SMILES string of the molecule is NCCCN1CCN(Cc2ccc(C(F)(F)F)cc2)CC1. The van der Waals surface area contributed by atoms with Crippen LogP contribution in [0.15, 0.2) is 24.3 Å². The van der Waals surface area contributed by atoms with Crippen LogP contribution in [-0.2, 0) is 12.7 Å². The van der Waals surface area contributed by atoms with Crippen LogP contribution in [0.3, 0.4) is 0 Å². The van der Waals surface area contributed by atoms with Gasteiger partial charge in [-0.25, -0.2) is 0 Å². The third kappa shape index (κ3) is 4.98. The summed E-state index contributed by atoms with van der Waals surface area (Å²) >= 11 is 0. The molecule has 0 aliphatic carbocycles. The highest BCUT2D eigenvalue weighted by atomic mass is 19.4. The minimum atomic E-state index is -4.26. The highest BCUT2D eigenvalue weighted by Crippen LogP contribution is 2.29. The average molecular weight is 301 g/mol. The standard InChI is InChI=1S/C15H22F3N3/c16-15(17,18)14-4-2-13(3-5-14)12-21-10-8-20(9-11-21)7-1-6-19/h2-5H,1,6-12,19H2. The summed E-state index contributed by atoms with van der Waals surface area (Å²) in [6.45, 7) is 6.36. The number of nitrogens with two attached hydrogens (primary N) is 1. The zero-order valence-electron chi connectivity index (χ0n) is 12.1. The Balaban J connectivity index is 1.81. The lowest BCUT2D eigenvalue weighted by Gasteiger charge is -2.34. The summed E-state index contributed by atoms with van der Waals surface area (Å²) in [5.74, 6) is 0. The molecule has 2 N–H and O–H groups in total. The van der Waals surface area contributed by atoms with E-state index in [1.165, 1.54) is 0 Å². The monoisotopic (exact) mass is 301 g/mol. The second-order valence-corrected chi connectivity index (χ2v) is 5.45. The van der Waals surface area contributed by atoms with Gasteiger partial charge in [-0.15, -0.1) is 0 Å². The molecule has 2 rings (SSSR count). The molecule has 118 valence electrons. The second-order valence-electron chi connectivity index (χ2n) is 5.45. The number of rotatable bonds is 5. The minimum absolute atomic E-state index is 0.585. The zero-order valence-corrected chi connectivity index (χ0v) is 12.1. The fourth-order valence-corrected chi connectivity index (χ4v) is 2.54. The summed E-state index contributed by atoms with van der Waals surface area (Å²) in [7, 11) is 0. The van der Waals surface area contributed by atoms with Crippen LogP contribution in [0.1, 0.15) is 17.5 Å². The first-order valence-corrected chi connectivity index (χ1v) is 7.30. The number of halogens is 3. The fourth-order valence-electron chi connectivity index (χ4n) is 2.54. The van der Waals surface area contributed by atoms with Crippen LogP contribution in [0.25, 0.3) is 0 Å². The van der Waals surface area contributed by atoms with E-state index < -0.39 is 11.7 Å². The molecule has 1 aromatic carbocycles. The van der Waals surface area contributed by atoms with E-state index in [0.717, 1.165) is 56.8 Å². The predicted molar refractivity (Wildman–Crippen MR) is 76.8 cm³/mol. The van der Waals surface area contributed by atoms with Crippen molar-refractivity contribution in [1.82, 2.24) is 9.80 Å². The maximum Gasteiger partial charge on any atom is 0.416 e. The van der Waals surface area contributed by atoms with Crippen LogP contribution >= 0.6 is 0 Å². The maximum atomic E-state index is 12.5. The van der Waals surface area contributed by atoms with Gasteiger partial charge in [-0.3, -0.25) is 4.90 Å². The average Bonchev–Trinajstić information content (AvgIpc) is 2.46. The molecular formula is C15H22F3N3. The van der Waals surface area contributed by atoms with Crippen LogP contribution in [0, 0.1) is 0 Å². The Bertz CT molecular complexity index is 423. The summed E-state index contributed by atoms with van der Waals surface area (Å²) in [4.78, 5) is 4.66. The lowest BCUT2D eigenvalue weighted by molar-refractivity contribution is -0.137. The molecule has 6 heteroatoms. The Hall–Kier alpha value is -1.11. The quantitative estimate of drug-likeness (QED) is 0.905. The van der Waals surface area contributed by atoms with E-state index in [-0.39, 0.29) is 0 Å². The van der Waals surface area contributed by atoms with Gasteiger partial charge >= 0.3 is 6.18 Å². The third-order valence-electron chi connectivity index (χ3n) is 3.83. The van der Waals surface area contributed by atoms with E-state index in [2.05, 4.69) is 9.80 Å². The van der Waals surface area contributed by atoms with Gasteiger partial charge in [-0.05, 0) is 37.2 Å². The van der Waals surface area contributed by atoms with Crippen LogP contribution < -0.4 is 5.73 Å². The van der Waals surface area contributed by atoms with Crippen molar-refractivity contribution in [2.75, 3.05) is 39.3 Å². The van der Waals surface area contributed by atoms with Crippen LogP contribution in [0.2, 0.25) is 0 Å². The van der Waals surface area contributed by atoms with E-state index in [4.69, 9.17) is 5.73 Å². The van der Waals surface area contributed by atoms with Gasteiger partial charge in [-0.2, -0.15) is 13.2 Å². The number of hydrogen-bond donors (Lipinski definition) is 1. The van der Waals surface area contributed by atoms with Gasteiger partial charge in [0, 0.05) is 32.7 Å². The van der Waals surface area contributed by atoms with Crippen molar-refractivity contribution < 1.29 is 13.2 Å². The molecule has 1 aromatic rings. The van der Waals surface area contributed by atoms with Crippen LogP contribution in [0.4, 0.5) is 13.2 Å². The van der Waals surface area contributed by atoms with Gasteiger partial charge in [0.1, 0.15) is 0 Å². The normalized spacial score (nSPS) is 18.1. The molecule has 0 aromatic heterocycles. The van der Waals surface area contributed by atoms with Crippen molar-refractivity contribution in [2.45, 2.75) is 19.1 Å². The van der Waals surface area contributed by atoms with Gasteiger partial charge in [0.25, 0.3) is 0 Å². The molecule has 0 atom stereocenters. The lowest BCUT2D eigenvalue weighted by atomic mass is 10.1. The summed E-state index contributed by atoms with van der Waals surface area (Å²) in [5.41, 5.74) is 5.84. The van der Waals surface area contributed by atoms with E-state index in [0.29, 0.717) is 13.1 Å². The number of hydrogen-bond acceptors (Lipinski definition) is 3. The van der Waals surface area contributed by atoms with Crippen molar-refractivity contribution in [1.29, 1.82) is 0 Å². The number of benzene rings is 1. The van der Waals surface area contributed by atoms with Crippen molar-refractivity contribution in [2.24, 2.45) is 5.73 Å². The van der Waals surface area contributed by atoms with Crippen LogP contribution in [-0.4, -0.2) is 49.1 Å². The Morgan fingerprint density at radius 2 is 1.52 bits per heavy atom. The number of nitrogens with zero attached hydrogens (tertiary/aromatic N) is 2. The van der Waals surface area contributed by atoms with Crippen molar-refractivity contribution in [3.05, 3.63) is 35.4 Å². The topological polar surface area (TPSA) is 32.5 Å². The molecule has 0 bridgehead atoms. The van der Waals surface area contributed by atoms with Gasteiger partial charge in [0.05, 0.1) is 5.56 Å². The minimum Gasteiger partial charge on any atom is -0.330 e. The molecule has 0 spiro atoms. The number of alkyl halides is 3. The molecule has 1 saturated heterocycles. The molecule has 0 amide bonds. The molecule has 1 heterocycles. The van der Waals surface area contributed by atoms with Gasteiger partial charge < -0.3 is 10.6 Å². The first-order valence-electron chi connectivity index (χ1n) is 7.30. The van der Waals surface area contributed by atoms with Crippen LogP contribution in [0.5, 0.6) is 0 Å². The predicted octanol–water partition coefficient (Wildman–Crippen LogP) is 2.17. The molecule has 21 heavy (non-hydrogen) atoms. The Kier molecular flexibility index (Phi) is 5.61. The molecule has 0 saturated carbocycles. The molecule has 1 aliphatic heterocycles. The summed E-state index contributed by atoms with van der Waals surface area (Å²) in [6.07, 6.45) is -3.24. The molecular weight excluding hydrogens is 279 g/mol. The third-order valence-corrected chi connectivity index (χ3v) is 3.83. The van der Waals surface area contributed by atoms with Crippen molar-refractivity contribution >= 4 is 0 Å². The Morgan fingerprint density at radius 1 is 0.952 bits per heavy atom. The number of piperazine rings is 1. The summed E-state index contributed by atoms with van der Waals surface area (Å²) in [6, 6.07) is 5.47. The first kappa shape index (κ1) is 16.3. The van der Waals surface area contributed by atoms with E-state index in [1.807, 2.05) is 0 Å². The maximum absolute atomic E-state index is 12.5. The fraction of sp³-hybridized carbons (Fsp3) is 0.600. The second kappa shape index (κ2) is 7.24. The Labute approximate surface area is 123 Å². The smallest absolute Gasteiger partial charge is 0.330 e. The highest BCUT2D eigenvalue weighted by Gasteiger charge is 2.30. The Morgan fingerprint density at radius 3 is 2.05 bits per heavy atom. The molecule has 1 aliphatic rings. The lowest BCUT2D eigenvalue weighted by Crippen LogP contribution is -2.46. The van der Waals surface area contributed by atoms with E-state index >= 15 is 0 Å². The first-order chi connectivity index (χ1) is 9.99. The molecule has 0 unspecified atom stereocenters. The molecule has 1 fully saturated rings. The van der Waals surface area contributed by atoms with E-state index in [1.54, 1.807) is 12.1 Å². The summed E-state index contributed by atoms with van der Waals surface area (Å²) in [5, 5.41) is 0. The van der Waals surface area contributed by atoms with Gasteiger partial charge in [0.15, 0.2) is 0 Å². The highest BCUT2D eigenvalue weighted by molar-refractivity contribution is 5.24. The van der Waals surface area contributed by atoms with Crippen molar-refractivity contribution in [3.63, 3.8) is 0 Å². The largest absolute Gasteiger partial charge is 0.416 e. The van der Waals surface area contributed by atoms with Gasteiger partial charge in [0.2, 0.25) is 0 Å². The molecule has 0 radical (unpaired) electrons.